The second kappa shape index (κ2) is 4.07. The lowest BCUT2D eigenvalue weighted by Gasteiger charge is -2.00. The third-order valence-electron chi connectivity index (χ3n) is 1.73. The summed E-state index contributed by atoms with van der Waals surface area (Å²) >= 11 is 0. The summed E-state index contributed by atoms with van der Waals surface area (Å²) < 4.78 is 36.1. The van der Waals surface area contributed by atoms with Gasteiger partial charge in [-0.25, -0.2) is 9.97 Å². The van der Waals surface area contributed by atoms with Gasteiger partial charge in [-0.3, -0.25) is 4.55 Å². The molecule has 1 N–H and O–H groups in total. The lowest BCUT2D eigenvalue weighted by molar-refractivity contribution is 0.395. The molecule has 0 saturated carbocycles. The molecule has 0 spiro atoms. The van der Waals surface area contributed by atoms with Gasteiger partial charge in [0.15, 0.2) is 0 Å². The number of methoxy groups -OCH3 is 1. The Morgan fingerprint density at radius 1 is 1.41 bits per heavy atom. The molecule has 0 aromatic carbocycles. The first kappa shape index (κ1) is 11.4. The highest BCUT2D eigenvalue weighted by atomic mass is 32.2. The third kappa shape index (κ3) is 2.37. The van der Waals surface area contributed by atoms with E-state index in [0.717, 1.165) is 11.0 Å². The van der Waals surface area contributed by atoms with Crippen LogP contribution in [0.5, 0.6) is 5.88 Å². The average molecular weight is 257 g/mol. The summed E-state index contributed by atoms with van der Waals surface area (Å²) in [6.07, 6.45) is 2.48. The van der Waals surface area contributed by atoms with E-state index in [9.17, 15) is 8.42 Å². The molecule has 0 unspecified atom stereocenters. The Labute approximate surface area is 95.9 Å². The fourth-order valence-corrected chi connectivity index (χ4v) is 1.39. The highest BCUT2D eigenvalue weighted by molar-refractivity contribution is 7.85. The molecule has 0 aliphatic rings. The number of ether oxygens (including phenoxy) is 1. The number of rotatable bonds is 3. The molecule has 2 heterocycles. The molecular formula is C7H7N5O4S. The van der Waals surface area contributed by atoms with Gasteiger partial charge in [-0.15, -0.1) is 5.10 Å². The van der Waals surface area contributed by atoms with Crippen LogP contribution in [-0.2, 0) is 10.1 Å². The van der Waals surface area contributed by atoms with Gasteiger partial charge in [0.25, 0.3) is 11.1 Å². The zero-order valence-electron chi connectivity index (χ0n) is 8.55. The molecule has 0 saturated heterocycles. The highest BCUT2D eigenvalue weighted by Crippen LogP contribution is 2.08. The Hall–Kier alpha value is -2.07. The van der Waals surface area contributed by atoms with Crippen LogP contribution >= 0.6 is 0 Å². The molecule has 0 amide bonds. The molecule has 2 aromatic rings. The van der Waals surface area contributed by atoms with Crippen LogP contribution < -0.4 is 4.74 Å². The first-order valence-corrected chi connectivity index (χ1v) is 5.71. The molecular weight excluding hydrogens is 250 g/mol. The summed E-state index contributed by atoms with van der Waals surface area (Å²) in [5, 5.41) is 2.80. The predicted octanol–water partition coefficient (Wildman–Crippen LogP) is -0.687. The summed E-state index contributed by atoms with van der Waals surface area (Å²) in [6, 6.07) is 1.52. The van der Waals surface area contributed by atoms with Crippen molar-refractivity contribution in [2.75, 3.05) is 7.11 Å². The van der Waals surface area contributed by atoms with Gasteiger partial charge in [0.1, 0.15) is 6.33 Å². The van der Waals surface area contributed by atoms with E-state index in [2.05, 4.69) is 20.1 Å². The van der Waals surface area contributed by atoms with Crippen LogP contribution in [0.2, 0.25) is 0 Å². The first-order chi connectivity index (χ1) is 8.00. The second-order valence-electron chi connectivity index (χ2n) is 2.85. The van der Waals surface area contributed by atoms with E-state index in [1.54, 1.807) is 0 Å². The molecule has 0 aliphatic heterocycles. The van der Waals surface area contributed by atoms with Crippen molar-refractivity contribution >= 4 is 10.1 Å². The van der Waals surface area contributed by atoms with Crippen LogP contribution in [0, 0.1) is 0 Å². The topological polar surface area (TPSA) is 120 Å². The molecule has 17 heavy (non-hydrogen) atoms. The highest BCUT2D eigenvalue weighted by Gasteiger charge is 2.16. The van der Waals surface area contributed by atoms with Crippen molar-refractivity contribution in [3.05, 3.63) is 18.6 Å². The minimum absolute atomic E-state index is 0.0757. The maximum absolute atomic E-state index is 10.8. The molecule has 0 radical (unpaired) electrons. The predicted molar refractivity (Wildman–Crippen MR) is 53.3 cm³/mol. The lowest BCUT2D eigenvalue weighted by Crippen LogP contribution is -2.05. The van der Waals surface area contributed by atoms with Crippen LogP contribution in [0.1, 0.15) is 0 Å². The standard InChI is InChI=1S/C7H7N5O4S/c1-16-5-2-3-8-6(10-5)12-4-9-7(11-12)17(13,14)15/h2-4H,1H3,(H,13,14,15). The van der Waals surface area contributed by atoms with Gasteiger partial charge in [0, 0.05) is 12.3 Å². The Kier molecular flexibility index (Phi) is 2.73. The minimum Gasteiger partial charge on any atom is -0.481 e. The third-order valence-corrected chi connectivity index (χ3v) is 2.38. The SMILES string of the molecule is COc1ccnc(-n2cnc(S(=O)(=O)O)n2)n1. The van der Waals surface area contributed by atoms with E-state index in [4.69, 9.17) is 9.29 Å². The first-order valence-electron chi connectivity index (χ1n) is 4.27. The van der Waals surface area contributed by atoms with E-state index in [1.807, 2.05) is 0 Å². The van der Waals surface area contributed by atoms with E-state index in [0.29, 0.717) is 5.88 Å². The number of nitrogens with zero attached hydrogens (tertiary/aromatic N) is 5. The van der Waals surface area contributed by atoms with Crippen molar-refractivity contribution < 1.29 is 17.7 Å². The maximum Gasteiger partial charge on any atom is 0.332 e. The van der Waals surface area contributed by atoms with Crippen molar-refractivity contribution in [3.8, 4) is 11.8 Å². The van der Waals surface area contributed by atoms with E-state index in [1.165, 1.54) is 19.4 Å². The Morgan fingerprint density at radius 3 is 2.76 bits per heavy atom. The number of hydrogen-bond acceptors (Lipinski definition) is 7. The van der Waals surface area contributed by atoms with Crippen LogP contribution in [0.25, 0.3) is 5.95 Å². The van der Waals surface area contributed by atoms with E-state index < -0.39 is 15.3 Å². The quantitative estimate of drug-likeness (QED) is 0.717. The van der Waals surface area contributed by atoms with Gasteiger partial charge in [-0.05, 0) is 0 Å². The molecule has 0 bridgehead atoms. The van der Waals surface area contributed by atoms with Gasteiger partial charge in [0.05, 0.1) is 7.11 Å². The number of hydrogen-bond donors (Lipinski definition) is 1. The van der Waals surface area contributed by atoms with Gasteiger partial charge < -0.3 is 4.74 Å². The molecule has 0 atom stereocenters. The molecule has 0 aliphatic carbocycles. The molecule has 2 rings (SSSR count). The lowest BCUT2D eigenvalue weighted by atomic mass is 10.6. The van der Waals surface area contributed by atoms with Gasteiger partial charge in [0.2, 0.25) is 5.88 Å². The summed E-state index contributed by atoms with van der Waals surface area (Å²) in [6.45, 7) is 0. The summed E-state index contributed by atoms with van der Waals surface area (Å²) in [5.41, 5.74) is 0. The average Bonchev–Trinajstić information content (AvgIpc) is 2.78. The fraction of sp³-hybridized carbons (Fsp3) is 0.143. The van der Waals surface area contributed by atoms with Crippen molar-refractivity contribution in [1.82, 2.24) is 24.7 Å². The monoisotopic (exact) mass is 257 g/mol. The Balaban J connectivity index is 2.43. The van der Waals surface area contributed by atoms with Crippen LogP contribution in [-0.4, -0.2) is 44.8 Å². The van der Waals surface area contributed by atoms with Crippen molar-refractivity contribution in [2.24, 2.45) is 0 Å². The van der Waals surface area contributed by atoms with Crippen molar-refractivity contribution in [2.45, 2.75) is 5.16 Å². The Bertz CT molecular complexity index is 637. The van der Waals surface area contributed by atoms with Gasteiger partial charge in [-0.1, -0.05) is 0 Å². The van der Waals surface area contributed by atoms with E-state index >= 15 is 0 Å². The summed E-state index contributed by atoms with van der Waals surface area (Å²) in [7, 11) is -3.01. The van der Waals surface area contributed by atoms with Gasteiger partial charge >= 0.3 is 10.1 Å². The minimum atomic E-state index is -4.44. The van der Waals surface area contributed by atoms with Crippen molar-refractivity contribution in [1.29, 1.82) is 0 Å². The molecule has 9 nitrogen and oxygen atoms in total. The van der Waals surface area contributed by atoms with Crippen LogP contribution in [0.15, 0.2) is 23.7 Å². The van der Waals surface area contributed by atoms with Crippen molar-refractivity contribution in [3.63, 3.8) is 0 Å². The smallest absolute Gasteiger partial charge is 0.332 e. The normalized spacial score (nSPS) is 11.4. The second-order valence-corrected chi connectivity index (χ2v) is 4.16. The largest absolute Gasteiger partial charge is 0.481 e. The number of aromatic nitrogens is 5. The van der Waals surface area contributed by atoms with Gasteiger partial charge in [-0.2, -0.15) is 18.1 Å². The summed E-state index contributed by atoms with van der Waals surface area (Å²) in [4.78, 5) is 11.2. The fourth-order valence-electron chi connectivity index (χ4n) is 1.02. The maximum atomic E-state index is 10.8. The van der Waals surface area contributed by atoms with Crippen LogP contribution in [0.3, 0.4) is 0 Å². The van der Waals surface area contributed by atoms with E-state index in [-0.39, 0.29) is 5.95 Å². The molecule has 90 valence electrons. The molecule has 2 aromatic heterocycles. The zero-order chi connectivity index (χ0) is 12.5. The molecule has 0 fully saturated rings. The van der Waals surface area contributed by atoms with Crippen LogP contribution in [0.4, 0.5) is 0 Å². The zero-order valence-corrected chi connectivity index (χ0v) is 9.36. The molecule has 10 heteroatoms. The summed E-state index contributed by atoms with van der Waals surface area (Å²) in [5.74, 6) is 0.366. The Morgan fingerprint density at radius 2 is 2.18 bits per heavy atom.